The lowest BCUT2D eigenvalue weighted by Gasteiger charge is -2.11. The molecule has 0 aliphatic heterocycles. The van der Waals surface area contributed by atoms with E-state index >= 15 is 0 Å². The van der Waals surface area contributed by atoms with Crippen molar-refractivity contribution in [1.82, 2.24) is 4.98 Å². The van der Waals surface area contributed by atoms with Crippen molar-refractivity contribution in [1.29, 1.82) is 0 Å². The number of thiazole rings is 1. The van der Waals surface area contributed by atoms with Crippen LogP contribution in [-0.4, -0.2) is 16.8 Å². The van der Waals surface area contributed by atoms with E-state index in [1.807, 2.05) is 19.1 Å². The number of halogens is 1. The summed E-state index contributed by atoms with van der Waals surface area (Å²) in [4.78, 5) is 30.4. The number of anilines is 2. The molecular formula is C21H18FN3O2S. The van der Waals surface area contributed by atoms with Gasteiger partial charge in [0.15, 0.2) is 5.13 Å². The molecule has 1 aliphatic carbocycles. The van der Waals surface area contributed by atoms with Gasteiger partial charge in [-0.1, -0.05) is 29.8 Å². The maximum atomic E-state index is 13.8. The van der Waals surface area contributed by atoms with E-state index in [9.17, 15) is 14.0 Å². The lowest BCUT2D eigenvalue weighted by atomic mass is 10.1. The minimum Gasteiger partial charge on any atom is -0.323 e. The van der Waals surface area contributed by atoms with Gasteiger partial charge in [-0.25, -0.2) is 9.37 Å². The van der Waals surface area contributed by atoms with Gasteiger partial charge in [-0.2, -0.15) is 0 Å². The molecule has 2 N–H and O–H groups in total. The normalized spacial score (nSPS) is 15.1. The summed E-state index contributed by atoms with van der Waals surface area (Å²) in [6.45, 7) is 1.96. The summed E-state index contributed by atoms with van der Waals surface area (Å²) in [6, 6.07) is 13.3. The van der Waals surface area contributed by atoms with Crippen LogP contribution in [0.1, 0.15) is 38.8 Å². The Kier molecular flexibility index (Phi) is 4.92. The smallest absolute Gasteiger partial charge is 0.257 e. The first-order valence-corrected chi connectivity index (χ1v) is 9.76. The largest absolute Gasteiger partial charge is 0.323 e. The topological polar surface area (TPSA) is 71.1 Å². The molecule has 4 rings (SSSR count). The number of hydrogen-bond donors (Lipinski definition) is 2. The van der Waals surface area contributed by atoms with Crippen molar-refractivity contribution in [2.24, 2.45) is 0 Å². The molecule has 1 aliphatic rings. The number of nitrogens with one attached hydrogen (secondary N) is 2. The molecule has 1 atom stereocenters. The maximum Gasteiger partial charge on any atom is 0.257 e. The standard InChI is InChI=1S/C21H18FN3O2S/c1-12-6-8-13(9-7-12)19(26)25-21-24-18-14(10-11-17(18)28-21)20(27)23-16-5-3-2-4-15(16)22/h2-9,14H,10-11H2,1H3,(H,23,27)(H,24,25,26). The number of fused-ring (bicyclic) bond motifs is 1. The van der Waals surface area contributed by atoms with E-state index in [1.165, 1.54) is 23.5 Å². The highest BCUT2D eigenvalue weighted by Gasteiger charge is 2.33. The van der Waals surface area contributed by atoms with Crippen molar-refractivity contribution in [3.8, 4) is 0 Å². The first-order chi connectivity index (χ1) is 13.5. The lowest BCUT2D eigenvalue weighted by molar-refractivity contribution is -0.117. The second-order valence-corrected chi connectivity index (χ2v) is 7.79. The molecule has 142 valence electrons. The number of para-hydroxylation sites is 1. The van der Waals surface area contributed by atoms with Crippen LogP contribution in [0.2, 0.25) is 0 Å². The third kappa shape index (κ3) is 3.66. The molecule has 1 unspecified atom stereocenters. The number of aromatic nitrogens is 1. The number of nitrogens with zero attached hydrogens (tertiary/aromatic N) is 1. The fourth-order valence-electron chi connectivity index (χ4n) is 3.19. The van der Waals surface area contributed by atoms with E-state index in [1.54, 1.807) is 24.3 Å². The Bertz CT molecular complexity index is 1050. The van der Waals surface area contributed by atoms with Crippen LogP contribution in [0.4, 0.5) is 15.2 Å². The van der Waals surface area contributed by atoms with Crippen LogP contribution in [-0.2, 0) is 11.2 Å². The van der Waals surface area contributed by atoms with E-state index < -0.39 is 11.7 Å². The van der Waals surface area contributed by atoms with Gasteiger partial charge in [0, 0.05) is 10.4 Å². The molecule has 0 bridgehead atoms. The predicted molar refractivity (Wildman–Crippen MR) is 107 cm³/mol. The molecule has 28 heavy (non-hydrogen) atoms. The number of carbonyl (C=O) groups is 2. The van der Waals surface area contributed by atoms with Gasteiger partial charge in [0.1, 0.15) is 5.82 Å². The third-order valence-corrected chi connectivity index (χ3v) is 5.75. The Morgan fingerprint density at radius 1 is 1.11 bits per heavy atom. The molecule has 0 saturated carbocycles. The zero-order valence-corrected chi connectivity index (χ0v) is 16.0. The molecule has 1 heterocycles. The van der Waals surface area contributed by atoms with Crippen LogP contribution in [0.5, 0.6) is 0 Å². The molecule has 3 aromatic rings. The third-order valence-electron chi connectivity index (χ3n) is 4.70. The number of hydrogen-bond acceptors (Lipinski definition) is 4. The first kappa shape index (κ1) is 18.3. The lowest BCUT2D eigenvalue weighted by Crippen LogP contribution is -2.20. The summed E-state index contributed by atoms with van der Waals surface area (Å²) in [5.74, 6) is -1.44. The summed E-state index contributed by atoms with van der Waals surface area (Å²) >= 11 is 1.38. The van der Waals surface area contributed by atoms with Crippen LogP contribution in [0, 0.1) is 12.7 Å². The second-order valence-electron chi connectivity index (χ2n) is 6.71. The van der Waals surface area contributed by atoms with Gasteiger partial charge in [0.05, 0.1) is 17.3 Å². The average Bonchev–Trinajstić information content (AvgIpc) is 3.24. The maximum absolute atomic E-state index is 13.8. The molecule has 0 saturated heterocycles. The summed E-state index contributed by atoms with van der Waals surface area (Å²) in [5.41, 5.74) is 2.45. The Balaban J connectivity index is 1.48. The number of benzene rings is 2. The molecule has 7 heteroatoms. The van der Waals surface area contributed by atoms with Gasteiger partial charge in [-0.3, -0.25) is 14.9 Å². The van der Waals surface area contributed by atoms with Crippen molar-refractivity contribution in [2.75, 3.05) is 10.6 Å². The molecular weight excluding hydrogens is 377 g/mol. The van der Waals surface area contributed by atoms with E-state index in [-0.39, 0.29) is 17.5 Å². The number of rotatable bonds is 4. The highest BCUT2D eigenvalue weighted by Crippen LogP contribution is 2.39. The van der Waals surface area contributed by atoms with E-state index in [0.717, 1.165) is 10.4 Å². The van der Waals surface area contributed by atoms with Gasteiger partial charge in [-0.05, 0) is 44.0 Å². The zero-order valence-electron chi connectivity index (χ0n) is 15.2. The Labute approximate surface area is 165 Å². The van der Waals surface area contributed by atoms with Gasteiger partial charge in [0.25, 0.3) is 5.91 Å². The summed E-state index contributed by atoms with van der Waals surface area (Å²) in [5, 5.41) is 5.91. The summed E-state index contributed by atoms with van der Waals surface area (Å²) in [7, 11) is 0. The molecule has 2 aromatic carbocycles. The molecule has 0 radical (unpaired) electrons. The highest BCUT2D eigenvalue weighted by molar-refractivity contribution is 7.16. The van der Waals surface area contributed by atoms with Crippen molar-refractivity contribution in [3.63, 3.8) is 0 Å². The van der Waals surface area contributed by atoms with Crippen molar-refractivity contribution in [2.45, 2.75) is 25.7 Å². The Hall–Kier alpha value is -3.06. The Morgan fingerprint density at radius 3 is 2.61 bits per heavy atom. The summed E-state index contributed by atoms with van der Waals surface area (Å²) < 4.78 is 13.8. The van der Waals surface area contributed by atoms with Crippen LogP contribution in [0.25, 0.3) is 0 Å². The van der Waals surface area contributed by atoms with Gasteiger partial charge >= 0.3 is 0 Å². The van der Waals surface area contributed by atoms with Crippen molar-refractivity contribution < 1.29 is 14.0 Å². The number of amides is 2. The minimum atomic E-state index is -0.474. The molecule has 1 aromatic heterocycles. The molecule has 0 spiro atoms. The Morgan fingerprint density at radius 2 is 1.86 bits per heavy atom. The quantitative estimate of drug-likeness (QED) is 0.683. The van der Waals surface area contributed by atoms with E-state index in [4.69, 9.17) is 0 Å². The predicted octanol–water partition coefficient (Wildman–Crippen LogP) is 4.51. The van der Waals surface area contributed by atoms with Crippen LogP contribution >= 0.6 is 11.3 Å². The SMILES string of the molecule is Cc1ccc(C(=O)Nc2nc3c(s2)CCC3C(=O)Nc2ccccc2F)cc1. The van der Waals surface area contributed by atoms with Crippen LogP contribution in [0.3, 0.4) is 0 Å². The van der Waals surface area contributed by atoms with Crippen molar-refractivity contribution in [3.05, 3.63) is 76.0 Å². The first-order valence-electron chi connectivity index (χ1n) is 8.94. The monoisotopic (exact) mass is 395 g/mol. The van der Waals surface area contributed by atoms with Gasteiger partial charge < -0.3 is 5.32 Å². The van der Waals surface area contributed by atoms with Crippen molar-refractivity contribution >= 4 is 34.0 Å². The number of aryl methyl sites for hydroxylation is 2. The zero-order chi connectivity index (χ0) is 19.7. The second kappa shape index (κ2) is 7.52. The molecule has 5 nitrogen and oxygen atoms in total. The molecule has 0 fully saturated rings. The van der Waals surface area contributed by atoms with Gasteiger partial charge in [-0.15, -0.1) is 11.3 Å². The fraction of sp³-hybridized carbons (Fsp3) is 0.190. The highest BCUT2D eigenvalue weighted by atomic mass is 32.1. The van der Waals surface area contributed by atoms with Gasteiger partial charge in [0.2, 0.25) is 5.91 Å². The van der Waals surface area contributed by atoms with E-state index in [0.29, 0.717) is 29.2 Å². The van der Waals surface area contributed by atoms with E-state index in [2.05, 4.69) is 15.6 Å². The average molecular weight is 395 g/mol. The molecule has 2 amide bonds. The summed E-state index contributed by atoms with van der Waals surface area (Å²) in [6.07, 6.45) is 1.34. The van der Waals surface area contributed by atoms with Crippen LogP contribution < -0.4 is 10.6 Å². The minimum absolute atomic E-state index is 0.157. The fourth-order valence-corrected chi connectivity index (χ4v) is 4.23. The van der Waals surface area contributed by atoms with Crippen LogP contribution in [0.15, 0.2) is 48.5 Å². The number of carbonyl (C=O) groups excluding carboxylic acids is 2.